The van der Waals surface area contributed by atoms with Gasteiger partial charge in [0.05, 0.1) is 0 Å². The van der Waals surface area contributed by atoms with E-state index < -0.39 is 0 Å². The molecule has 0 unspecified atom stereocenters. The molecule has 1 N–H and O–H groups in total. The first-order valence-electron chi connectivity index (χ1n) is 7.00. The van der Waals surface area contributed by atoms with E-state index in [9.17, 15) is 0 Å². The summed E-state index contributed by atoms with van der Waals surface area (Å²) in [5, 5.41) is 3.23. The predicted molar refractivity (Wildman–Crippen MR) is 84.8 cm³/mol. The molecule has 0 amide bonds. The van der Waals surface area contributed by atoms with Crippen molar-refractivity contribution >= 4 is 17.5 Å². The fourth-order valence-electron chi connectivity index (χ4n) is 2.15. The van der Waals surface area contributed by atoms with Gasteiger partial charge in [-0.25, -0.2) is 4.98 Å². The smallest absolute Gasteiger partial charge is 0.224 e. The maximum atomic E-state index is 4.63. The molecule has 0 atom stereocenters. The summed E-state index contributed by atoms with van der Waals surface area (Å²) in [6.45, 7) is 7.16. The van der Waals surface area contributed by atoms with Gasteiger partial charge < -0.3 is 10.2 Å². The van der Waals surface area contributed by atoms with Crippen molar-refractivity contribution < 1.29 is 0 Å². The van der Waals surface area contributed by atoms with Crippen LogP contribution in [-0.4, -0.2) is 23.6 Å². The molecule has 0 saturated carbocycles. The maximum Gasteiger partial charge on any atom is 0.224 e. The van der Waals surface area contributed by atoms with Gasteiger partial charge in [0.25, 0.3) is 0 Å². The fourth-order valence-corrected chi connectivity index (χ4v) is 2.15. The first kappa shape index (κ1) is 14.3. The quantitative estimate of drug-likeness (QED) is 0.899. The van der Waals surface area contributed by atoms with E-state index in [2.05, 4.69) is 46.2 Å². The van der Waals surface area contributed by atoms with Crippen LogP contribution >= 0.6 is 0 Å². The molecule has 0 fully saturated rings. The standard InChI is InChI=1S/C16H22N4/c1-5-10-17-16-18-11-13(3)15(19-16)20(4)14-9-7-6-8-12(14)2/h6-9,11H,5,10H2,1-4H3,(H,17,18,19). The van der Waals surface area contributed by atoms with Gasteiger partial charge in [-0.3, -0.25) is 0 Å². The highest BCUT2D eigenvalue weighted by Crippen LogP contribution is 2.27. The third kappa shape index (κ3) is 3.07. The number of nitrogens with one attached hydrogen (secondary N) is 1. The van der Waals surface area contributed by atoms with E-state index in [0.717, 1.165) is 30.0 Å². The molecule has 4 heteroatoms. The predicted octanol–water partition coefficient (Wildman–Crippen LogP) is 3.68. The van der Waals surface area contributed by atoms with E-state index in [1.807, 2.05) is 32.3 Å². The van der Waals surface area contributed by atoms with Gasteiger partial charge in [0.1, 0.15) is 5.82 Å². The summed E-state index contributed by atoms with van der Waals surface area (Å²) >= 11 is 0. The average Bonchev–Trinajstić information content (AvgIpc) is 2.46. The Bertz CT molecular complexity index is 580. The monoisotopic (exact) mass is 270 g/mol. The molecule has 0 aliphatic carbocycles. The highest BCUT2D eigenvalue weighted by atomic mass is 15.2. The number of hydrogen-bond acceptors (Lipinski definition) is 4. The lowest BCUT2D eigenvalue weighted by Crippen LogP contribution is -2.16. The molecule has 1 heterocycles. The Labute approximate surface area is 120 Å². The molecule has 0 aliphatic heterocycles. The Kier molecular flexibility index (Phi) is 4.56. The van der Waals surface area contributed by atoms with Crippen molar-refractivity contribution in [2.45, 2.75) is 27.2 Å². The number of para-hydroxylation sites is 1. The lowest BCUT2D eigenvalue weighted by atomic mass is 10.2. The molecular weight excluding hydrogens is 248 g/mol. The Hall–Kier alpha value is -2.10. The van der Waals surface area contributed by atoms with Crippen molar-refractivity contribution in [2.24, 2.45) is 0 Å². The summed E-state index contributed by atoms with van der Waals surface area (Å²) in [5.74, 6) is 1.63. The second-order valence-electron chi connectivity index (χ2n) is 4.97. The second kappa shape index (κ2) is 6.37. The number of hydrogen-bond donors (Lipinski definition) is 1. The van der Waals surface area contributed by atoms with Crippen molar-refractivity contribution in [3.8, 4) is 0 Å². The van der Waals surface area contributed by atoms with Crippen molar-refractivity contribution in [1.29, 1.82) is 0 Å². The van der Waals surface area contributed by atoms with Gasteiger partial charge in [-0.1, -0.05) is 25.1 Å². The summed E-state index contributed by atoms with van der Waals surface area (Å²) in [7, 11) is 2.04. The molecule has 106 valence electrons. The number of aromatic nitrogens is 2. The van der Waals surface area contributed by atoms with Crippen molar-refractivity contribution in [3.63, 3.8) is 0 Å². The Morgan fingerprint density at radius 1 is 1.15 bits per heavy atom. The lowest BCUT2D eigenvalue weighted by Gasteiger charge is -2.22. The van der Waals surface area contributed by atoms with Crippen LogP contribution in [0.15, 0.2) is 30.5 Å². The molecule has 0 aliphatic rings. The molecule has 2 aromatic rings. The minimum absolute atomic E-state index is 0.688. The van der Waals surface area contributed by atoms with Crippen LogP contribution in [0.2, 0.25) is 0 Å². The van der Waals surface area contributed by atoms with Gasteiger partial charge in [-0.2, -0.15) is 4.98 Å². The third-order valence-electron chi connectivity index (χ3n) is 3.27. The normalized spacial score (nSPS) is 10.4. The zero-order valence-corrected chi connectivity index (χ0v) is 12.6. The second-order valence-corrected chi connectivity index (χ2v) is 4.97. The third-order valence-corrected chi connectivity index (χ3v) is 3.27. The van der Waals surface area contributed by atoms with Crippen LogP contribution in [0.3, 0.4) is 0 Å². The first-order valence-corrected chi connectivity index (χ1v) is 7.00. The summed E-state index contributed by atoms with van der Waals surface area (Å²) in [5.41, 5.74) is 3.46. The minimum atomic E-state index is 0.688. The summed E-state index contributed by atoms with van der Waals surface area (Å²) in [6.07, 6.45) is 2.93. The highest BCUT2D eigenvalue weighted by Gasteiger charge is 2.12. The molecule has 0 bridgehead atoms. The number of aryl methyl sites for hydroxylation is 2. The fraction of sp³-hybridized carbons (Fsp3) is 0.375. The SMILES string of the molecule is CCCNc1ncc(C)c(N(C)c2ccccc2C)n1. The van der Waals surface area contributed by atoms with Crippen molar-refractivity contribution in [1.82, 2.24) is 9.97 Å². The zero-order valence-electron chi connectivity index (χ0n) is 12.6. The molecule has 1 aromatic carbocycles. The van der Waals surface area contributed by atoms with Crippen LogP contribution in [0.1, 0.15) is 24.5 Å². The van der Waals surface area contributed by atoms with Gasteiger partial charge >= 0.3 is 0 Å². The summed E-state index contributed by atoms with van der Waals surface area (Å²) in [6, 6.07) is 8.31. The number of rotatable bonds is 5. The zero-order chi connectivity index (χ0) is 14.5. The minimum Gasteiger partial charge on any atom is -0.354 e. The molecule has 0 spiro atoms. The van der Waals surface area contributed by atoms with Gasteiger partial charge in [0, 0.05) is 31.0 Å². The topological polar surface area (TPSA) is 41.1 Å². The van der Waals surface area contributed by atoms with E-state index in [1.165, 1.54) is 5.56 Å². The molecule has 0 saturated heterocycles. The highest BCUT2D eigenvalue weighted by molar-refractivity contribution is 5.65. The van der Waals surface area contributed by atoms with Crippen LogP contribution in [0, 0.1) is 13.8 Å². The van der Waals surface area contributed by atoms with Gasteiger partial charge in [0.15, 0.2) is 0 Å². The molecule has 1 aromatic heterocycles. The average molecular weight is 270 g/mol. The van der Waals surface area contributed by atoms with E-state index in [-0.39, 0.29) is 0 Å². The van der Waals surface area contributed by atoms with Crippen LogP contribution < -0.4 is 10.2 Å². The van der Waals surface area contributed by atoms with Crippen LogP contribution in [-0.2, 0) is 0 Å². The maximum absolute atomic E-state index is 4.63. The van der Waals surface area contributed by atoms with Crippen LogP contribution in [0.25, 0.3) is 0 Å². The van der Waals surface area contributed by atoms with Crippen LogP contribution in [0.4, 0.5) is 17.5 Å². The Morgan fingerprint density at radius 2 is 1.90 bits per heavy atom. The Balaban J connectivity index is 2.33. The molecule has 0 radical (unpaired) electrons. The number of anilines is 3. The van der Waals surface area contributed by atoms with Gasteiger partial charge in [-0.15, -0.1) is 0 Å². The van der Waals surface area contributed by atoms with Crippen LogP contribution in [0.5, 0.6) is 0 Å². The largest absolute Gasteiger partial charge is 0.354 e. The van der Waals surface area contributed by atoms with E-state index in [1.54, 1.807) is 0 Å². The Morgan fingerprint density at radius 3 is 2.60 bits per heavy atom. The van der Waals surface area contributed by atoms with E-state index in [0.29, 0.717) is 5.95 Å². The molecule has 20 heavy (non-hydrogen) atoms. The molecule has 2 rings (SSSR count). The van der Waals surface area contributed by atoms with Gasteiger partial charge in [0.2, 0.25) is 5.95 Å². The van der Waals surface area contributed by atoms with E-state index in [4.69, 9.17) is 0 Å². The lowest BCUT2D eigenvalue weighted by molar-refractivity contribution is 0.943. The number of nitrogens with zero attached hydrogens (tertiary/aromatic N) is 3. The molecular formula is C16H22N4. The van der Waals surface area contributed by atoms with Gasteiger partial charge in [-0.05, 0) is 31.9 Å². The summed E-state index contributed by atoms with van der Waals surface area (Å²) in [4.78, 5) is 11.1. The first-order chi connectivity index (χ1) is 9.63. The van der Waals surface area contributed by atoms with Crippen molar-refractivity contribution in [2.75, 3.05) is 23.8 Å². The van der Waals surface area contributed by atoms with E-state index >= 15 is 0 Å². The van der Waals surface area contributed by atoms with Crippen molar-refractivity contribution in [3.05, 3.63) is 41.6 Å². The number of benzene rings is 1. The summed E-state index contributed by atoms with van der Waals surface area (Å²) < 4.78 is 0. The molecule has 4 nitrogen and oxygen atoms in total.